The van der Waals surface area contributed by atoms with E-state index in [1.54, 1.807) is 17.0 Å². The van der Waals surface area contributed by atoms with Gasteiger partial charge >= 0.3 is 0 Å². The van der Waals surface area contributed by atoms with Crippen LogP contribution in [0.3, 0.4) is 0 Å². The number of aryl methyl sites for hydroxylation is 2. The predicted molar refractivity (Wildman–Crippen MR) is 110 cm³/mol. The molecule has 1 aliphatic heterocycles. The molecule has 7 nitrogen and oxygen atoms in total. The molecule has 1 aromatic carbocycles. The van der Waals surface area contributed by atoms with E-state index in [4.69, 9.17) is 0 Å². The van der Waals surface area contributed by atoms with Crippen LogP contribution in [0.2, 0.25) is 0 Å². The van der Waals surface area contributed by atoms with Crippen LogP contribution in [0, 0.1) is 19.8 Å². The first-order chi connectivity index (χ1) is 13.9. The maximum absolute atomic E-state index is 12.6. The number of carbonyl (C=O) groups is 2. The van der Waals surface area contributed by atoms with E-state index in [1.165, 1.54) is 10.2 Å². The Labute approximate surface area is 169 Å². The molecule has 2 heterocycles. The summed E-state index contributed by atoms with van der Waals surface area (Å²) in [7, 11) is 0. The lowest BCUT2D eigenvalue weighted by molar-refractivity contribution is -0.126. The number of benzene rings is 1. The van der Waals surface area contributed by atoms with Crippen molar-refractivity contribution in [3.63, 3.8) is 0 Å². The fourth-order valence-electron chi connectivity index (χ4n) is 3.68. The standard InChI is InChI=1S/C22H26N4O3/c1-14-3-6-18(11-15(14)2)25-13-17(12-21(25)28)22(29)23-9-10-26-20(27)8-7-19(24-26)16-4-5-16/h3,6-8,11,16-17H,4-5,9-10,12-13H2,1-2H3,(H,23,29). The van der Waals surface area contributed by atoms with Crippen LogP contribution in [0.5, 0.6) is 0 Å². The van der Waals surface area contributed by atoms with Crippen LogP contribution < -0.4 is 15.8 Å². The molecular weight excluding hydrogens is 368 g/mol. The lowest BCUT2D eigenvalue weighted by atomic mass is 10.1. The summed E-state index contributed by atoms with van der Waals surface area (Å²) < 4.78 is 1.41. The molecule has 0 bridgehead atoms. The van der Waals surface area contributed by atoms with E-state index in [0.29, 0.717) is 25.6 Å². The lowest BCUT2D eigenvalue weighted by Crippen LogP contribution is -2.36. The number of hydrogen-bond acceptors (Lipinski definition) is 4. The maximum atomic E-state index is 12.6. The van der Waals surface area contributed by atoms with E-state index in [9.17, 15) is 14.4 Å². The minimum atomic E-state index is -0.383. The van der Waals surface area contributed by atoms with E-state index in [0.717, 1.165) is 29.8 Å². The zero-order valence-corrected chi connectivity index (χ0v) is 16.9. The van der Waals surface area contributed by atoms with Gasteiger partial charge in [-0.2, -0.15) is 5.10 Å². The molecule has 1 saturated carbocycles. The van der Waals surface area contributed by atoms with Crippen molar-refractivity contribution in [1.29, 1.82) is 0 Å². The summed E-state index contributed by atoms with van der Waals surface area (Å²) in [5, 5.41) is 7.26. The number of rotatable bonds is 6. The van der Waals surface area contributed by atoms with Gasteiger partial charge in [0.2, 0.25) is 11.8 Å². The fraction of sp³-hybridized carbons (Fsp3) is 0.455. The fourth-order valence-corrected chi connectivity index (χ4v) is 3.68. The largest absolute Gasteiger partial charge is 0.354 e. The Balaban J connectivity index is 1.33. The molecule has 0 spiro atoms. The zero-order chi connectivity index (χ0) is 20.5. The summed E-state index contributed by atoms with van der Waals surface area (Å²) in [6.07, 6.45) is 2.44. The number of amides is 2. The Hall–Kier alpha value is -2.96. The first-order valence-electron chi connectivity index (χ1n) is 10.2. The topological polar surface area (TPSA) is 84.3 Å². The number of hydrogen-bond donors (Lipinski definition) is 1. The summed E-state index contributed by atoms with van der Waals surface area (Å²) in [4.78, 5) is 38.6. The van der Waals surface area contributed by atoms with Gasteiger partial charge in [-0.15, -0.1) is 0 Å². The Morgan fingerprint density at radius 2 is 1.93 bits per heavy atom. The van der Waals surface area contributed by atoms with Gasteiger partial charge < -0.3 is 10.2 Å². The van der Waals surface area contributed by atoms with Gasteiger partial charge in [0.1, 0.15) is 0 Å². The van der Waals surface area contributed by atoms with Gasteiger partial charge in [0.15, 0.2) is 0 Å². The smallest absolute Gasteiger partial charge is 0.266 e. The summed E-state index contributed by atoms with van der Waals surface area (Å²) >= 11 is 0. The molecule has 2 fully saturated rings. The lowest BCUT2D eigenvalue weighted by Gasteiger charge is -2.18. The van der Waals surface area contributed by atoms with Crippen LogP contribution in [0.25, 0.3) is 0 Å². The molecule has 152 valence electrons. The number of carbonyl (C=O) groups excluding carboxylic acids is 2. The first-order valence-corrected chi connectivity index (χ1v) is 10.2. The van der Waals surface area contributed by atoms with Crippen LogP contribution in [0.4, 0.5) is 5.69 Å². The van der Waals surface area contributed by atoms with Crippen LogP contribution in [-0.2, 0) is 16.1 Å². The predicted octanol–water partition coefficient (Wildman–Crippen LogP) is 1.91. The van der Waals surface area contributed by atoms with Crippen molar-refractivity contribution >= 4 is 17.5 Å². The minimum absolute atomic E-state index is 0.0385. The van der Waals surface area contributed by atoms with Crippen molar-refractivity contribution in [3.8, 4) is 0 Å². The molecule has 1 aliphatic carbocycles. The van der Waals surface area contributed by atoms with Gasteiger partial charge in [0.25, 0.3) is 5.56 Å². The third-order valence-electron chi connectivity index (χ3n) is 5.80. The van der Waals surface area contributed by atoms with Gasteiger partial charge in [-0.05, 0) is 56.0 Å². The van der Waals surface area contributed by atoms with Crippen LogP contribution in [0.1, 0.15) is 42.0 Å². The molecule has 1 saturated heterocycles. The summed E-state index contributed by atoms with van der Waals surface area (Å²) in [6, 6.07) is 9.23. The summed E-state index contributed by atoms with van der Waals surface area (Å²) in [5.74, 6) is -0.108. The minimum Gasteiger partial charge on any atom is -0.354 e. The van der Waals surface area contributed by atoms with Crippen LogP contribution in [-0.4, -0.2) is 34.7 Å². The molecule has 4 rings (SSSR count). The Morgan fingerprint density at radius 1 is 1.14 bits per heavy atom. The average Bonchev–Trinajstić information content (AvgIpc) is 3.47. The van der Waals surface area contributed by atoms with Crippen molar-refractivity contribution in [3.05, 3.63) is 57.5 Å². The first kappa shape index (κ1) is 19.4. The van der Waals surface area contributed by atoms with Crippen molar-refractivity contribution in [2.45, 2.75) is 45.6 Å². The third kappa shape index (κ3) is 4.23. The average molecular weight is 394 g/mol. The molecule has 2 aliphatic rings. The van der Waals surface area contributed by atoms with Crippen molar-refractivity contribution < 1.29 is 9.59 Å². The van der Waals surface area contributed by atoms with Gasteiger partial charge in [0.05, 0.1) is 18.2 Å². The summed E-state index contributed by atoms with van der Waals surface area (Å²) in [6.45, 7) is 5.06. The summed E-state index contributed by atoms with van der Waals surface area (Å²) in [5.41, 5.74) is 3.90. The zero-order valence-electron chi connectivity index (χ0n) is 16.9. The highest BCUT2D eigenvalue weighted by Crippen LogP contribution is 2.38. The highest BCUT2D eigenvalue weighted by atomic mass is 16.2. The molecule has 29 heavy (non-hydrogen) atoms. The van der Waals surface area contributed by atoms with Crippen molar-refractivity contribution in [2.24, 2.45) is 5.92 Å². The van der Waals surface area contributed by atoms with Crippen molar-refractivity contribution in [1.82, 2.24) is 15.1 Å². The number of anilines is 1. The Bertz CT molecular complexity index is 1010. The number of nitrogens with one attached hydrogen (secondary N) is 1. The highest BCUT2D eigenvalue weighted by Gasteiger charge is 2.35. The molecular formula is C22H26N4O3. The van der Waals surface area contributed by atoms with Gasteiger partial charge in [-0.3, -0.25) is 14.4 Å². The second-order valence-corrected chi connectivity index (χ2v) is 8.06. The van der Waals surface area contributed by atoms with Crippen LogP contribution >= 0.6 is 0 Å². The second-order valence-electron chi connectivity index (χ2n) is 8.06. The maximum Gasteiger partial charge on any atom is 0.266 e. The molecule has 2 aromatic rings. The van der Waals surface area contributed by atoms with Gasteiger partial charge in [0, 0.05) is 37.2 Å². The Kier molecular flexibility index (Phi) is 5.22. The molecule has 1 atom stereocenters. The SMILES string of the molecule is Cc1ccc(N2CC(C(=O)NCCn3nc(C4CC4)ccc3=O)CC2=O)cc1C. The second kappa shape index (κ2) is 7.81. The van der Waals surface area contributed by atoms with Crippen molar-refractivity contribution in [2.75, 3.05) is 18.0 Å². The van der Waals surface area contributed by atoms with E-state index in [1.807, 2.05) is 32.0 Å². The quantitative estimate of drug-likeness (QED) is 0.811. The number of aromatic nitrogens is 2. The molecule has 7 heteroatoms. The molecule has 1 unspecified atom stereocenters. The van der Waals surface area contributed by atoms with Gasteiger partial charge in [-0.25, -0.2) is 4.68 Å². The monoisotopic (exact) mass is 394 g/mol. The van der Waals surface area contributed by atoms with E-state index < -0.39 is 0 Å². The Morgan fingerprint density at radius 3 is 2.66 bits per heavy atom. The molecule has 0 radical (unpaired) electrons. The highest BCUT2D eigenvalue weighted by molar-refractivity contribution is 6.00. The van der Waals surface area contributed by atoms with E-state index in [2.05, 4.69) is 10.4 Å². The molecule has 1 aromatic heterocycles. The van der Waals surface area contributed by atoms with E-state index >= 15 is 0 Å². The molecule has 2 amide bonds. The third-order valence-corrected chi connectivity index (χ3v) is 5.80. The molecule has 1 N–H and O–H groups in total. The van der Waals surface area contributed by atoms with Crippen LogP contribution in [0.15, 0.2) is 35.1 Å². The van der Waals surface area contributed by atoms with E-state index in [-0.39, 0.29) is 29.7 Å². The normalized spacial score (nSPS) is 18.9. The number of nitrogens with zero attached hydrogens (tertiary/aromatic N) is 3. The van der Waals surface area contributed by atoms with Gasteiger partial charge in [-0.1, -0.05) is 6.07 Å².